The molecule has 0 aliphatic rings. The molecule has 1 N–H and O–H groups in total. The van der Waals surface area contributed by atoms with E-state index < -0.39 is 11.7 Å². The molecule has 0 radical (unpaired) electrons. The van der Waals surface area contributed by atoms with Crippen molar-refractivity contribution in [1.82, 2.24) is 5.43 Å². The van der Waals surface area contributed by atoms with Crippen molar-refractivity contribution in [2.75, 3.05) is 13.7 Å². The van der Waals surface area contributed by atoms with E-state index in [0.29, 0.717) is 21.5 Å². The van der Waals surface area contributed by atoms with Crippen molar-refractivity contribution in [2.24, 2.45) is 5.10 Å². The first kappa shape index (κ1) is 20.0. The topological polar surface area (TPSA) is 83.7 Å². The number of amides is 1. The van der Waals surface area contributed by atoms with Gasteiger partial charge in [-0.2, -0.15) is 10.4 Å². The number of hydrazone groups is 1. The van der Waals surface area contributed by atoms with Gasteiger partial charge in [0.1, 0.15) is 12.4 Å². The third-order valence-electron chi connectivity index (χ3n) is 3.27. The highest BCUT2D eigenvalue weighted by Crippen LogP contribution is 2.36. The Balaban J connectivity index is 2.14. The average Bonchev–Trinajstić information content (AvgIpc) is 2.66. The van der Waals surface area contributed by atoms with Gasteiger partial charge < -0.3 is 9.47 Å². The van der Waals surface area contributed by atoms with E-state index in [-0.39, 0.29) is 17.7 Å². The number of hydrogen-bond acceptors (Lipinski definition) is 5. The standard InChI is InChI=1S/C19H13BrFN3O3/c1-3-6-27-18-15(20)7-13(9-17(18)26-2)11-23-24-19(25)14-5-4-12(10-22)8-16(14)21/h1,4-5,7-9,11H,6H2,2H3,(H,24,25)/b23-11-. The van der Waals surface area contributed by atoms with Crippen LogP contribution in [0, 0.1) is 29.5 Å². The van der Waals surface area contributed by atoms with Gasteiger partial charge in [-0.15, -0.1) is 6.42 Å². The van der Waals surface area contributed by atoms with Crippen LogP contribution in [-0.4, -0.2) is 25.8 Å². The zero-order valence-electron chi connectivity index (χ0n) is 14.1. The van der Waals surface area contributed by atoms with Crippen LogP contribution in [0.2, 0.25) is 0 Å². The number of carbonyl (C=O) groups excluding carboxylic acids is 1. The van der Waals surface area contributed by atoms with Crippen molar-refractivity contribution in [3.05, 3.63) is 57.3 Å². The van der Waals surface area contributed by atoms with E-state index in [0.717, 1.165) is 6.07 Å². The molecule has 0 bridgehead atoms. The van der Waals surface area contributed by atoms with Gasteiger partial charge in [-0.25, -0.2) is 9.82 Å². The van der Waals surface area contributed by atoms with E-state index in [1.807, 2.05) is 0 Å². The molecule has 0 aromatic heterocycles. The monoisotopic (exact) mass is 429 g/mol. The van der Waals surface area contributed by atoms with Crippen LogP contribution >= 0.6 is 15.9 Å². The zero-order valence-corrected chi connectivity index (χ0v) is 15.7. The Bertz CT molecular complexity index is 977. The van der Waals surface area contributed by atoms with E-state index in [2.05, 4.69) is 32.4 Å². The summed E-state index contributed by atoms with van der Waals surface area (Å²) in [5.74, 6) is 1.68. The van der Waals surface area contributed by atoms with E-state index >= 15 is 0 Å². The largest absolute Gasteiger partial charge is 0.493 e. The second-order valence-corrected chi connectivity index (χ2v) is 5.89. The number of terminal acetylenes is 1. The van der Waals surface area contributed by atoms with Gasteiger partial charge in [0.25, 0.3) is 5.91 Å². The maximum Gasteiger partial charge on any atom is 0.274 e. The van der Waals surface area contributed by atoms with Gasteiger partial charge in [0.05, 0.1) is 35.0 Å². The minimum Gasteiger partial charge on any atom is -0.493 e. The second-order valence-electron chi connectivity index (χ2n) is 5.03. The number of ether oxygens (including phenoxy) is 2. The van der Waals surface area contributed by atoms with Crippen molar-refractivity contribution >= 4 is 28.1 Å². The Labute approximate surface area is 163 Å². The Morgan fingerprint density at radius 2 is 2.22 bits per heavy atom. The molecule has 8 heteroatoms. The summed E-state index contributed by atoms with van der Waals surface area (Å²) in [4.78, 5) is 12.0. The van der Waals surface area contributed by atoms with Gasteiger partial charge in [-0.05, 0) is 51.8 Å². The van der Waals surface area contributed by atoms with Crippen molar-refractivity contribution in [3.63, 3.8) is 0 Å². The molecule has 0 unspecified atom stereocenters. The fraction of sp³-hybridized carbons (Fsp3) is 0.105. The Morgan fingerprint density at radius 3 is 2.85 bits per heavy atom. The zero-order chi connectivity index (χ0) is 19.8. The first-order chi connectivity index (χ1) is 13.0. The van der Waals surface area contributed by atoms with Crippen LogP contribution in [0.5, 0.6) is 11.5 Å². The van der Waals surface area contributed by atoms with Crippen molar-refractivity contribution in [1.29, 1.82) is 5.26 Å². The summed E-state index contributed by atoms with van der Waals surface area (Å²) in [5, 5.41) is 12.5. The molecular formula is C19H13BrFN3O3. The molecule has 27 heavy (non-hydrogen) atoms. The first-order valence-electron chi connectivity index (χ1n) is 7.47. The molecule has 2 aromatic rings. The summed E-state index contributed by atoms with van der Waals surface area (Å²) in [7, 11) is 1.47. The lowest BCUT2D eigenvalue weighted by atomic mass is 10.1. The van der Waals surface area contributed by atoms with Gasteiger partial charge in [0.15, 0.2) is 11.5 Å². The summed E-state index contributed by atoms with van der Waals surface area (Å²) < 4.78 is 25.1. The highest BCUT2D eigenvalue weighted by molar-refractivity contribution is 9.10. The third-order valence-corrected chi connectivity index (χ3v) is 3.86. The molecule has 0 spiro atoms. The van der Waals surface area contributed by atoms with Crippen molar-refractivity contribution in [3.8, 4) is 29.9 Å². The highest BCUT2D eigenvalue weighted by Gasteiger charge is 2.13. The molecule has 0 saturated carbocycles. The quantitative estimate of drug-likeness (QED) is 0.433. The Morgan fingerprint density at radius 1 is 1.44 bits per heavy atom. The molecule has 2 rings (SSSR count). The summed E-state index contributed by atoms with van der Waals surface area (Å²) in [6.07, 6.45) is 6.54. The molecule has 0 heterocycles. The van der Waals surface area contributed by atoms with Gasteiger partial charge in [0.2, 0.25) is 0 Å². The Kier molecular flexibility index (Phi) is 6.93. The Hall–Kier alpha value is -3.36. The van der Waals surface area contributed by atoms with E-state index in [1.54, 1.807) is 18.2 Å². The summed E-state index contributed by atoms with van der Waals surface area (Å²) in [6.45, 7) is 0.0780. The number of benzene rings is 2. The van der Waals surface area contributed by atoms with E-state index in [9.17, 15) is 9.18 Å². The molecule has 0 atom stereocenters. The fourth-order valence-electron chi connectivity index (χ4n) is 2.06. The van der Waals surface area contributed by atoms with Gasteiger partial charge in [-0.1, -0.05) is 5.92 Å². The predicted molar refractivity (Wildman–Crippen MR) is 101 cm³/mol. The van der Waals surface area contributed by atoms with E-state index in [1.165, 1.54) is 25.5 Å². The smallest absolute Gasteiger partial charge is 0.274 e. The minimum atomic E-state index is -0.804. The molecule has 1 amide bonds. The SMILES string of the molecule is C#CCOc1c(Br)cc(/C=N\NC(=O)c2ccc(C#N)cc2F)cc1OC. The lowest BCUT2D eigenvalue weighted by Gasteiger charge is -2.11. The van der Waals surface area contributed by atoms with Crippen LogP contribution in [-0.2, 0) is 0 Å². The lowest BCUT2D eigenvalue weighted by Crippen LogP contribution is -2.19. The third kappa shape index (κ3) is 5.06. The minimum absolute atomic E-state index is 0.0780. The van der Waals surface area contributed by atoms with E-state index in [4.69, 9.17) is 21.2 Å². The van der Waals surface area contributed by atoms with Gasteiger partial charge in [-0.3, -0.25) is 4.79 Å². The maximum absolute atomic E-state index is 13.8. The van der Waals surface area contributed by atoms with Gasteiger partial charge in [0, 0.05) is 0 Å². The van der Waals surface area contributed by atoms with Crippen LogP contribution < -0.4 is 14.9 Å². The normalized spacial score (nSPS) is 10.1. The number of rotatable bonds is 6. The molecule has 0 aliphatic heterocycles. The summed E-state index contributed by atoms with van der Waals surface area (Å²) in [6, 6.07) is 8.66. The number of nitrogens with zero attached hydrogens (tertiary/aromatic N) is 2. The molecule has 6 nitrogen and oxygen atoms in total. The predicted octanol–water partition coefficient (Wildman–Crippen LogP) is 3.24. The molecule has 0 aliphatic carbocycles. The number of methoxy groups -OCH3 is 1. The lowest BCUT2D eigenvalue weighted by molar-refractivity contribution is 0.0951. The van der Waals surface area contributed by atoms with Crippen molar-refractivity contribution < 1.29 is 18.7 Å². The number of halogens is 2. The maximum atomic E-state index is 13.8. The molecular weight excluding hydrogens is 417 g/mol. The summed E-state index contributed by atoms with van der Waals surface area (Å²) >= 11 is 3.35. The van der Waals surface area contributed by atoms with Gasteiger partial charge >= 0.3 is 0 Å². The van der Waals surface area contributed by atoms with Crippen LogP contribution in [0.3, 0.4) is 0 Å². The van der Waals surface area contributed by atoms with Crippen LogP contribution in [0.25, 0.3) is 0 Å². The average molecular weight is 430 g/mol. The molecule has 2 aromatic carbocycles. The number of nitrogens with one attached hydrogen (secondary N) is 1. The number of carbonyl (C=O) groups is 1. The van der Waals surface area contributed by atoms with Crippen LogP contribution in [0.4, 0.5) is 4.39 Å². The summed E-state index contributed by atoms with van der Waals surface area (Å²) in [5.41, 5.74) is 2.72. The fourth-order valence-corrected chi connectivity index (χ4v) is 2.64. The second kappa shape index (κ2) is 9.37. The van der Waals surface area contributed by atoms with Crippen LogP contribution in [0.1, 0.15) is 21.5 Å². The molecule has 0 saturated heterocycles. The highest BCUT2D eigenvalue weighted by atomic mass is 79.9. The van der Waals surface area contributed by atoms with Crippen LogP contribution in [0.15, 0.2) is 39.9 Å². The molecule has 0 fully saturated rings. The molecule has 136 valence electrons. The van der Waals surface area contributed by atoms with Crippen molar-refractivity contribution in [2.45, 2.75) is 0 Å². The number of hydrogen-bond donors (Lipinski definition) is 1. The number of nitriles is 1. The first-order valence-corrected chi connectivity index (χ1v) is 8.26.